The molecule has 0 aliphatic rings. The molecule has 0 aliphatic heterocycles. The number of amides is 1. The summed E-state index contributed by atoms with van der Waals surface area (Å²) in [4.78, 5) is 11.9. The van der Waals surface area contributed by atoms with Crippen LogP contribution in [0.25, 0.3) is 0 Å². The first-order valence-corrected chi connectivity index (χ1v) is 6.81. The first-order chi connectivity index (χ1) is 8.15. The summed E-state index contributed by atoms with van der Waals surface area (Å²) in [5.74, 6) is 0.304. The number of nitrogens with one attached hydrogen (secondary N) is 1. The number of nitrogens with two attached hydrogens (primary N) is 1. The predicted molar refractivity (Wildman–Crippen MR) is 75.1 cm³/mol. The molecule has 0 fully saturated rings. The molecule has 0 spiro atoms. The summed E-state index contributed by atoms with van der Waals surface area (Å²) in [6.07, 6.45) is 1.77. The van der Waals surface area contributed by atoms with Crippen molar-refractivity contribution in [2.45, 2.75) is 66.0 Å². The van der Waals surface area contributed by atoms with Gasteiger partial charge in [0.1, 0.15) is 0 Å². The van der Waals surface area contributed by atoms with E-state index in [9.17, 15) is 4.79 Å². The third kappa shape index (κ3) is 8.48. The molecule has 0 aromatic rings. The van der Waals surface area contributed by atoms with E-state index in [0.717, 1.165) is 6.42 Å². The third-order valence-electron chi connectivity index (χ3n) is 2.91. The van der Waals surface area contributed by atoms with Gasteiger partial charge in [0, 0.05) is 25.1 Å². The van der Waals surface area contributed by atoms with Crippen molar-refractivity contribution in [1.82, 2.24) is 5.32 Å². The van der Waals surface area contributed by atoms with Crippen LogP contribution in [0.1, 0.15) is 53.9 Å². The predicted octanol–water partition coefficient (Wildman–Crippen LogP) is 1.66. The first-order valence-electron chi connectivity index (χ1n) is 6.81. The van der Waals surface area contributed by atoms with Gasteiger partial charge in [-0.2, -0.15) is 0 Å². The maximum Gasteiger partial charge on any atom is 0.221 e. The Morgan fingerprint density at radius 1 is 1.33 bits per heavy atom. The lowest BCUT2D eigenvalue weighted by Gasteiger charge is -2.25. The van der Waals surface area contributed by atoms with Gasteiger partial charge < -0.3 is 16.2 Å². The summed E-state index contributed by atoms with van der Waals surface area (Å²) in [5.41, 5.74) is 6.12. The molecule has 0 heterocycles. The molecule has 0 radical (unpaired) electrons. The Balaban J connectivity index is 4.16. The lowest BCUT2D eigenvalue weighted by molar-refractivity contribution is -0.122. The number of aliphatic hydroxyl groups excluding tert-OH is 1. The minimum atomic E-state index is -0.105. The van der Waals surface area contributed by atoms with Gasteiger partial charge in [-0.05, 0) is 24.2 Å². The molecule has 0 aliphatic carbocycles. The van der Waals surface area contributed by atoms with Crippen LogP contribution in [0, 0.1) is 11.3 Å². The first kappa shape index (κ1) is 17.4. The van der Waals surface area contributed by atoms with Gasteiger partial charge in [0.05, 0.1) is 0 Å². The molecule has 108 valence electrons. The van der Waals surface area contributed by atoms with Crippen LogP contribution in [-0.4, -0.2) is 29.7 Å². The van der Waals surface area contributed by atoms with Crippen molar-refractivity contribution >= 4 is 5.91 Å². The van der Waals surface area contributed by atoms with E-state index in [1.165, 1.54) is 0 Å². The second-order valence-corrected chi connectivity index (χ2v) is 6.66. The molecular weight excluding hydrogens is 228 g/mol. The molecule has 0 aromatic heterocycles. The summed E-state index contributed by atoms with van der Waals surface area (Å²) in [7, 11) is 0. The lowest BCUT2D eigenvalue weighted by Crippen LogP contribution is -2.42. The summed E-state index contributed by atoms with van der Waals surface area (Å²) in [6.45, 7) is 10.5. The maximum absolute atomic E-state index is 11.9. The molecule has 1 amide bonds. The van der Waals surface area contributed by atoms with Crippen LogP contribution in [0.2, 0.25) is 0 Å². The summed E-state index contributed by atoms with van der Waals surface area (Å²) in [6, 6.07) is -0.0729. The van der Waals surface area contributed by atoms with Crippen molar-refractivity contribution in [3.63, 3.8) is 0 Å². The molecule has 4 N–H and O–H groups in total. The number of aliphatic hydroxyl groups is 1. The Bertz CT molecular complexity index is 247. The van der Waals surface area contributed by atoms with Crippen LogP contribution in [-0.2, 0) is 4.79 Å². The molecule has 2 atom stereocenters. The number of rotatable bonds is 7. The summed E-state index contributed by atoms with van der Waals surface area (Å²) < 4.78 is 0. The highest BCUT2D eigenvalue weighted by atomic mass is 16.3. The third-order valence-corrected chi connectivity index (χ3v) is 2.91. The fourth-order valence-electron chi connectivity index (χ4n) is 2.07. The fourth-order valence-corrected chi connectivity index (χ4v) is 2.07. The van der Waals surface area contributed by atoms with Gasteiger partial charge in [0.2, 0.25) is 5.91 Å². The monoisotopic (exact) mass is 258 g/mol. The Hall–Kier alpha value is -0.610. The van der Waals surface area contributed by atoms with Crippen LogP contribution in [0.5, 0.6) is 0 Å². The smallest absolute Gasteiger partial charge is 0.221 e. The second kappa shape index (κ2) is 7.74. The van der Waals surface area contributed by atoms with Crippen LogP contribution in [0.15, 0.2) is 0 Å². The Kier molecular flexibility index (Phi) is 7.48. The highest BCUT2D eigenvalue weighted by molar-refractivity contribution is 5.76. The van der Waals surface area contributed by atoms with Crippen LogP contribution >= 0.6 is 0 Å². The number of carbonyl (C=O) groups excluding carboxylic acids is 1. The number of hydrogen-bond acceptors (Lipinski definition) is 3. The van der Waals surface area contributed by atoms with E-state index in [2.05, 4.69) is 26.1 Å². The average molecular weight is 258 g/mol. The van der Waals surface area contributed by atoms with Crippen molar-refractivity contribution in [3.8, 4) is 0 Å². The molecular formula is C14H30N2O2. The lowest BCUT2D eigenvalue weighted by atomic mass is 9.87. The van der Waals surface area contributed by atoms with Gasteiger partial charge in [0.15, 0.2) is 0 Å². The Morgan fingerprint density at radius 3 is 2.28 bits per heavy atom. The molecule has 0 saturated heterocycles. The van der Waals surface area contributed by atoms with Crippen LogP contribution < -0.4 is 11.1 Å². The number of carbonyl (C=O) groups is 1. The van der Waals surface area contributed by atoms with Gasteiger partial charge in [-0.3, -0.25) is 4.79 Å². The quantitative estimate of drug-likeness (QED) is 0.650. The molecule has 0 aromatic carbocycles. The van der Waals surface area contributed by atoms with Crippen molar-refractivity contribution in [1.29, 1.82) is 0 Å². The minimum Gasteiger partial charge on any atom is -0.396 e. The van der Waals surface area contributed by atoms with E-state index in [1.54, 1.807) is 0 Å². The summed E-state index contributed by atoms with van der Waals surface area (Å²) >= 11 is 0. The fraction of sp³-hybridized carbons (Fsp3) is 0.929. The van der Waals surface area contributed by atoms with Crippen molar-refractivity contribution in [2.24, 2.45) is 17.1 Å². The van der Waals surface area contributed by atoms with E-state index in [1.807, 2.05) is 13.8 Å². The van der Waals surface area contributed by atoms with Gasteiger partial charge in [0.25, 0.3) is 0 Å². The highest BCUT2D eigenvalue weighted by Crippen LogP contribution is 2.21. The van der Waals surface area contributed by atoms with Gasteiger partial charge >= 0.3 is 0 Å². The Morgan fingerprint density at radius 2 is 1.89 bits per heavy atom. The largest absolute Gasteiger partial charge is 0.396 e. The van der Waals surface area contributed by atoms with Crippen molar-refractivity contribution < 1.29 is 9.90 Å². The van der Waals surface area contributed by atoms with Crippen molar-refractivity contribution in [2.75, 3.05) is 6.61 Å². The molecule has 0 rings (SSSR count). The zero-order valence-corrected chi connectivity index (χ0v) is 12.5. The zero-order valence-electron chi connectivity index (χ0n) is 12.5. The molecule has 0 saturated carbocycles. The highest BCUT2D eigenvalue weighted by Gasteiger charge is 2.20. The minimum absolute atomic E-state index is 0.0149. The number of hydrogen-bond donors (Lipinski definition) is 3. The maximum atomic E-state index is 11.9. The van der Waals surface area contributed by atoms with Crippen LogP contribution in [0.3, 0.4) is 0 Å². The normalized spacial score (nSPS) is 15.6. The van der Waals surface area contributed by atoms with Gasteiger partial charge in [-0.15, -0.1) is 0 Å². The molecule has 18 heavy (non-hydrogen) atoms. The van der Waals surface area contributed by atoms with Gasteiger partial charge in [-0.1, -0.05) is 34.6 Å². The van der Waals surface area contributed by atoms with Gasteiger partial charge in [-0.25, -0.2) is 0 Å². The van der Waals surface area contributed by atoms with E-state index >= 15 is 0 Å². The van der Waals surface area contributed by atoms with Crippen LogP contribution in [0.4, 0.5) is 0 Å². The second-order valence-electron chi connectivity index (χ2n) is 6.66. The zero-order chi connectivity index (χ0) is 14.3. The molecule has 0 bridgehead atoms. The van der Waals surface area contributed by atoms with E-state index < -0.39 is 0 Å². The van der Waals surface area contributed by atoms with E-state index in [-0.39, 0.29) is 30.0 Å². The molecule has 4 nitrogen and oxygen atoms in total. The topological polar surface area (TPSA) is 75.3 Å². The summed E-state index contributed by atoms with van der Waals surface area (Å²) in [5, 5.41) is 11.9. The van der Waals surface area contributed by atoms with E-state index in [0.29, 0.717) is 18.8 Å². The average Bonchev–Trinajstić information content (AvgIpc) is 2.13. The molecule has 2 unspecified atom stereocenters. The standard InChI is InChI=1S/C14H30N2O2/c1-10(2)12(6-7-17)16-13(18)8-11(15)9-14(3,4)5/h10-12,17H,6-9,15H2,1-5H3,(H,16,18). The SMILES string of the molecule is CC(C)C(CCO)NC(=O)CC(N)CC(C)(C)C. The van der Waals surface area contributed by atoms with Crippen molar-refractivity contribution in [3.05, 3.63) is 0 Å². The molecule has 4 heteroatoms. The van der Waals surface area contributed by atoms with E-state index in [4.69, 9.17) is 10.8 Å². The Labute approximate surface area is 111 Å².